The van der Waals surface area contributed by atoms with Crippen molar-refractivity contribution in [3.63, 3.8) is 0 Å². The molecular weight excluding hydrogens is 391 g/mol. The molecule has 0 spiro atoms. The molecule has 0 bridgehead atoms. The van der Waals surface area contributed by atoms with E-state index in [1.54, 1.807) is 30.7 Å². The third-order valence-corrected chi connectivity index (χ3v) is 5.11. The number of nitrogens with zero attached hydrogens (tertiary/aromatic N) is 3. The van der Waals surface area contributed by atoms with Crippen LogP contribution in [0.25, 0.3) is 11.4 Å². The molecule has 1 N–H and O–H groups in total. The molecule has 29 heavy (non-hydrogen) atoms. The minimum Gasteiger partial charge on any atom is -0.472 e. The van der Waals surface area contributed by atoms with Crippen molar-refractivity contribution in [3.8, 4) is 11.4 Å². The highest BCUT2D eigenvalue weighted by atomic mass is 32.2. The summed E-state index contributed by atoms with van der Waals surface area (Å²) >= 11 is 1.29. The number of carbonyl (C=O) groups is 1. The number of para-hydroxylation sites is 1. The Bertz CT molecular complexity index is 1080. The van der Waals surface area contributed by atoms with E-state index in [4.69, 9.17) is 4.42 Å². The van der Waals surface area contributed by atoms with Crippen LogP contribution in [0.4, 0.5) is 10.1 Å². The van der Waals surface area contributed by atoms with E-state index in [9.17, 15) is 9.18 Å². The van der Waals surface area contributed by atoms with Crippen LogP contribution in [0.15, 0.2) is 82.8 Å². The number of furan rings is 1. The number of anilines is 1. The Labute approximate surface area is 170 Å². The molecule has 8 heteroatoms. The van der Waals surface area contributed by atoms with Gasteiger partial charge in [0.1, 0.15) is 12.1 Å². The number of amides is 1. The maximum absolute atomic E-state index is 13.2. The third kappa shape index (κ3) is 4.72. The smallest absolute Gasteiger partial charge is 0.234 e. The zero-order chi connectivity index (χ0) is 20.1. The monoisotopic (exact) mass is 408 g/mol. The van der Waals surface area contributed by atoms with E-state index in [1.165, 1.54) is 23.9 Å². The molecule has 2 heterocycles. The highest BCUT2D eigenvalue weighted by Gasteiger charge is 2.17. The van der Waals surface area contributed by atoms with Crippen molar-refractivity contribution in [3.05, 3.63) is 84.6 Å². The molecule has 4 aromatic rings. The number of hydrogen-bond donors (Lipinski definition) is 1. The number of carbonyl (C=O) groups excluding carboxylic acids is 1. The number of halogens is 1. The van der Waals surface area contributed by atoms with Crippen LogP contribution in [0, 0.1) is 5.82 Å². The number of thioether (sulfide) groups is 1. The maximum Gasteiger partial charge on any atom is 0.234 e. The third-order valence-electron chi connectivity index (χ3n) is 4.14. The number of hydrogen-bond acceptors (Lipinski definition) is 5. The van der Waals surface area contributed by atoms with Crippen LogP contribution in [0.1, 0.15) is 5.56 Å². The van der Waals surface area contributed by atoms with Crippen LogP contribution < -0.4 is 5.32 Å². The van der Waals surface area contributed by atoms with Gasteiger partial charge in [-0.1, -0.05) is 42.1 Å². The molecule has 6 nitrogen and oxygen atoms in total. The average Bonchev–Trinajstić information content (AvgIpc) is 3.39. The Hall–Kier alpha value is -3.39. The summed E-state index contributed by atoms with van der Waals surface area (Å²) in [6.45, 7) is 0.441. The van der Waals surface area contributed by atoms with E-state index < -0.39 is 0 Å². The van der Waals surface area contributed by atoms with Gasteiger partial charge in [0, 0.05) is 5.69 Å². The minimum absolute atomic E-state index is 0.137. The van der Waals surface area contributed by atoms with Crippen molar-refractivity contribution in [1.82, 2.24) is 14.8 Å². The van der Waals surface area contributed by atoms with Gasteiger partial charge in [0.15, 0.2) is 11.0 Å². The minimum atomic E-state index is -0.292. The van der Waals surface area contributed by atoms with E-state index >= 15 is 0 Å². The van der Waals surface area contributed by atoms with Gasteiger partial charge in [-0.05, 0) is 35.9 Å². The predicted octanol–water partition coefficient (Wildman–Crippen LogP) is 4.46. The molecule has 146 valence electrons. The second kappa shape index (κ2) is 8.74. The molecule has 0 aliphatic rings. The highest BCUT2D eigenvalue weighted by Crippen LogP contribution is 2.25. The van der Waals surface area contributed by atoms with Crippen LogP contribution in [0.2, 0.25) is 0 Å². The summed E-state index contributed by atoms with van der Waals surface area (Å²) in [4.78, 5) is 12.3. The average molecular weight is 408 g/mol. The fourth-order valence-corrected chi connectivity index (χ4v) is 3.50. The lowest BCUT2D eigenvalue weighted by Crippen LogP contribution is -2.14. The largest absolute Gasteiger partial charge is 0.472 e. The lowest BCUT2D eigenvalue weighted by Gasteiger charge is -2.10. The first-order chi connectivity index (χ1) is 14.2. The van der Waals surface area contributed by atoms with Gasteiger partial charge in [-0.2, -0.15) is 0 Å². The number of nitrogens with one attached hydrogen (secondary N) is 1. The molecule has 2 aromatic heterocycles. The highest BCUT2D eigenvalue weighted by molar-refractivity contribution is 7.99. The van der Waals surface area contributed by atoms with Gasteiger partial charge >= 0.3 is 0 Å². The van der Waals surface area contributed by atoms with Gasteiger partial charge in [0.2, 0.25) is 5.91 Å². The first kappa shape index (κ1) is 18.9. The van der Waals surface area contributed by atoms with Gasteiger partial charge in [-0.3, -0.25) is 9.36 Å². The van der Waals surface area contributed by atoms with Gasteiger partial charge in [-0.15, -0.1) is 10.2 Å². The summed E-state index contributed by atoms with van der Waals surface area (Å²) in [6.07, 6.45) is 3.15. The lowest BCUT2D eigenvalue weighted by atomic mass is 10.2. The normalized spacial score (nSPS) is 10.8. The van der Waals surface area contributed by atoms with Crippen LogP contribution in [0.3, 0.4) is 0 Å². The number of benzene rings is 2. The van der Waals surface area contributed by atoms with Gasteiger partial charge in [-0.25, -0.2) is 4.39 Å². The van der Waals surface area contributed by atoms with Gasteiger partial charge < -0.3 is 9.73 Å². The molecule has 0 aliphatic carbocycles. The first-order valence-electron chi connectivity index (χ1n) is 8.87. The molecule has 2 aromatic carbocycles. The summed E-state index contributed by atoms with van der Waals surface area (Å²) in [5.41, 5.74) is 2.41. The van der Waals surface area contributed by atoms with E-state index in [0.717, 1.165) is 16.8 Å². The van der Waals surface area contributed by atoms with Crippen molar-refractivity contribution >= 4 is 23.4 Å². The van der Waals surface area contributed by atoms with Crippen LogP contribution in [-0.2, 0) is 11.3 Å². The summed E-state index contributed by atoms with van der Waals surface area (Å²) in [5, 5.41) is 11.9. The first-order valence-corrected chi connectivity index (χ1v) is 9.85. The molecule has 0 atom stereocenters. The van der Waals surface area contributed by atoms with Crippen molar-refractivity contribution < 1.29 is 13.6 Å². The van der Waals surface area contributed by atoms with E-state index in [1.807, 2.05) is 34.9 Å². The molecule has 0 radical (unpaired) electrons. The molecular formula is C21H17FN4O2S. The molecule has 0 fully saturated rings. The zero-order valence-corrected chi connectivity index (χ0v) is 16.1. The summed E-state index contributed by atoms with van der Waals surface area (Å²) < 4.78 is 20.3. The Morgan fingerprint density at radius 1 is 1.07 bits per heavy atom. The van der Waals surface area contributed by atoms with Crippen LogP contribution >= 0.6 is 11.8 Å². The Morgan fingerprint density at radius 2 is 1.86 bits per heavy atom. The standard InChI is InChI=1S/C21H17FN4O2S/c22-17-8-6-15(7-9-17)12-26-20(16-10-11-28-13-16)24-25-21(26)29-14-19(27)23-18-4-2-1-3-5-18/h1-11,13H,12,14H2,(H,23,27). The Morgan fingerprint density at radius 3 is 2.59 bits per heavy atom. The Balaban J connectivity index is 1.53. The van der Waals surface area contributed by atoms with Crippen LogP contribution in [-0.4, -0.2) is 26.4 Å². The van der Waals surface area contributed by atoms with Crippen molar-refractivity contribution in [2.75, 3.05) is 11.1 Å². The van der Waals surface area contributed by atoms with E-state index in [-0.39, 0.29) is 17.5 Å². The molecule has 0 saturated heterocycles. The topological polar surface area (TPSA) is 73.0 Å². The lowest BCUT2D eigenvalue weighted by molar-refractivity contribution is -0.113. The summed E-state index contributed by atoms with van der Waals surface area (Å²) in [7, 11) is 0. The molecule has 0 unspecified atom stereocenters. The summed E-state index contributed by atoms with van der Waals surface area (Å²) in [6, 6.07) is 17.3. The quantitative estimate of drug-likeness (QED) is 0.457. The fourth-order valence-electron chi connectivity index (χ4n) is 2.76. The molecule has 1 amide bonds. The zero-order valence-electron chi connectivity index (χ0n) is 15.3. The van der Waals surface area contributed by atoms with Crippen molar-refractivity contribution in [2.45, 2.75) is 11.7 Å². The SMILES string of the molecule is O=C(CSc1nnc(-c2ccoc2)n1Cc1ccc(F)cc1)Nc1ccccc1. The van der Waals surface area contributed by atoms with Crippen molar-refractivity contribution in [1.29, 1.82) is 0 Å². The number of rotatable bonds is 7. The second-order valence-corrected chi connectivity index (χ2v) is 7.18. The maximum atomic E-state index is 13.2. The van der Waals surface area contributed by atoms with E-state index in [0.29, 0.717) is 17.5 Å². The van der Waals surface area contributed by atoms with Gasteiger partial charge in [0.05, 0.1) is 24.1 Å². The predicted molar refractivity (Wildman–Crippen MR) is 109 cm³/mol. The fraction of sp³-hybridized carbons (Fsp3) is 0.0952. The van der Waals surface area contributed by atoms with Crippen molar-refractivity contribution in [2.24, 2.45) is 0 Å². The number of aromatic nitrogens is 3. The van der Waals surface area contributed by atoms with Crippen LogP contribution in [0.5, 0.6) is 0 Å². The van der Waals surface area contributed by atoms with E-state index in [2.05, 4.69) is 15.5 Å². The van der Waals surface area contributed by atoms with Gasteiger partial charge in [0.25, 0.3) is 0 Å². The molecule has 0 aliphatic heterocycles. The Kier molecular flexibility index (Phi) is 5.71. The molecule has 4 rings (SSSR count). The summed E-state index contributed by atoms with van der Waals surface area (Å²) in [5.74, 6) is 0.373. The second-order valence-electron chi connectivity index (χ2n) is 6.23. The molecule has 0 saturated carbocycles.